The normalized spacial score (nSPS) is 10.4. The number of para-hydroxylation sites is 1. The average molecular weight is 327 g/mol. The van der Waals surface area contributed by atoms with Crippen molar-refractivity contribution in [1.29, 1.82) is 0 Å². The molecule has 2 nitrogen and oxygen atoms in total. The van der Waals surface area contributed by atoms with E-state index in [1.54, 1.807) is 0 Å². The van der Waals surface area contributed by atoms with Gasteiger partial charge in [-0.2, -0.15) is 0 Å². The van der Waals surface area contributed by atoms with Crippen LogP contribution in [0, 0.1) is 0 Å². The standard InChI is InChI=1S/C14H13BrClNO/c15-12-3-1-2-4-14(12)18-11-6-5-10(7-8-17)13(16)9-11/h1-6,9H,7-8,17H2. The first kappa shape index (κ1) is 13.4. The second-order valence-electron chi connectivity index (χ2n) is 3.82. The summed E-state index contributed by atoms with van der Waals surface area (Å²) in [7, 11) is 0. The number of ether oxygens (including phenoxy) is 1. The zero-order valence-corrected chi connectivity index (χ0v) is 12.0. The second kappa shape index (κ2) is 6.23. The first-order valence-electron chi connectivity index (χ1n) is 5.61. The molecule has 2 rings (SSSR count). The van der Waals surface area contributed by atoms with Crippen LogP contribution in [-0.4, -0.2) is 6.54 Å². The summed E-state index contributed by atoms with van der Waals surface area (Å²) in [6.07, 6.45) is 0.772. The van der Waals surface area contributed by atoms with Gasteiger partial charge >= 0.3 is 0 Å². The molecule has 4 heteroatoms. The van der Waals surface area contributed by atoms with E-state index in [1.807, 2.05) is 42.5 Å². The van der Waals surface area contributed by atoms with Crippen LogP contribution in [0.3, 0.4) is 0 Å². The number of nitrogens with two attached hydrogens (primary N) is 1. The van der Waals surface area contributed by atoms with E-state index in [0.29, 0.717) is 17.3 Å². The molecule has 0 saturated heterocycles. The van der Waals surface area contributed by atoms with Gasteiger partial charge in [-0.1, -0.05) is 29.8 Å². The van der Waals surface area contributed by atoms with Crippen LogP contribution in [0.2, 0.25) is 5.02 Å². The molecule has 2 N–H and O–H groups in total. The molecule has 0 radical (unpaired) electrons. The van der Waals surface area contributed by atoms with E-state index in [-0.39, 0.29) is 0 Å². The highest BCUT2D eigenvalue weighted by Crippen LogP contribution is 2.31. The summed E-state index contributed by atoms with van der Waals surface area (Å²) in [4.78, 5) is 0. The lowest BCUT2D eigenvalue weighted by atomic mass is 10.1. The highest BCUT2D eigenvalue weighted by Gasteiger charge is 2.05. The lowest BCUT2D eigenvalue weighted by Gasteiger charge is -2.09. The van der Waals surface area contributed by atoms with Gasteiger partial charge in [0.25, 0.3) is 0 Å². The lowest BCUT2D eigenvalue weighted by Crippen LogP contribution is -2.03. The van der Waals surface area contributed by atoms with Crippen LogP contribution >= 0.6 is 27.5 Å². The van der Waals surface area contributed by atoms with E-state index in [9.17, 15) is 0 Å². The van der Waals surface area contributed by atoms with Crippen molar-refractivity contribution in [2.45, 2.75) is 6.42 Å². The Bertz CT molecular complexity index is 545. The molecule has 0 amide bonds. The third-order valence-electron chi connectivity index (χ3n) is 2.50. The molecule has 2 aromatic carbocycles. The Labute approximate surface area is 120 Å². The molecule has 0 saturated carbocycles. The minimum absolute atomic E-state index is 0.587. The van der Waals surface area contributed by atoms with Crippen LogP contribution in [0.15, 0.2) is 46.9 Å². The summed E-state index contributed by atoms with van der Waals surface area (Å²) < 4.78 is 6.67. The smallest absolute Gasteiger partial charge is 0.141 e. The number of rotatable bonds is 4. The minimum atomic E-state index is 0.587. The summed E-state index contributed by atoms with van der Waals surface area (Å²) in [6.45, 7) is 0.587. The fourth-order valence-electron chi connectivity index (χ4n) is 1.60. The number of benzene rings is 2. The Kier molecular flexibility index (Phi) is 4.64. The van der Waals surface area contributed by atoms with Crippen molar-refractivity contribution in [2.24, 2.45) is 5.73 Å². The Morgan fingerprint density at radius 2 is 1.94 bits per heavy atom. The first-order chi connectivity index (χ1) is 8.70. The molecule has 0 fully saturated rings. The van der Waals surface area contributed by atoms with E-state index < -0.39 is 0 Å². The van der Waals surface area contributed by atoms with Gasteiger partial charge in [0.15, 0.2) is 0 Å². The Morgan fingerprint density at radius 1 is 1.17 bits per heavy atom. The molecule has 94 valence electrons. The van der Waals surface area contributed by atoms with E-state index in [0.717, 1.165) is 22.2 Å². The van der Waals surface area contributed by atoms with Crippen molar-refractivity contribution in [2.75, 3.05) is 6.54 Å². The van der Waals surface area contributed by atoms with Crippen molar-refractivity contribution in [3.63, 3.8) is 0 Å². The van der Waals surface area contributed by atoms with E-state index in [2.05, 4.69) is 15.9 Å². The molecule has 18 heavy (non-hydrogen) atoms. The van der Waals surface area contributed by atoms with E-state index in [4.69, 9.17) is 22.1 Å². The van der Waals surface area contributed by atoms with Crippen LogP contribution in [0.1, 0.15) is 5.56 Å². The largest absolute Gasteiger partial charge is 0.456 e. The van der Waals surface area contributed by atoms with Gasteiger partial charge < -0.3 is 10.5 Å². The Morgan fingerprint density at radius 3 is 2.61 bits per heavy atom. The highest BCUT2D eigenvalue weighted by atomic mass is 79.9. The quantitative estimate of drug-likeness (QED) is 0.904. The van der Waals surface area contributed by atoms with Gasteiger partial charge in [-0.05, 0) is 58.7 Å². The molecule has 0 unspecified atom stereocenters. The first-order valence-corrected chi connectivity index (χ1v) is 6.78. The monoisotopic (exact) mass is 325 g/mol. The van der Waals surface area contributed by atoms with Gasteiger partial charge in [0.1, 0.15) is 11.5 Å². The van der Waals surface area contributed by atoms with Crippen molar-refractivity contribution in [3.8, 4) is 11.5 Å². The summed E-state index contributed by atoms with van der Waals surface area (Å²) in [5.41, 5.74) is 6.56. The predicted octanol–water partition coefficient (Wildman–Crippen LogP) is 4.40. The van der Waals surface area contributed by atoms with Crippen molar-refractivity contribution < 1.29 is 4.74 Å². The zero-order chi connectivity index (χ0) is 13.0. The summed E-state index contributed by atoms with van der Waals surface area (Å²) in [6, 6.07) is 13.3. The van der Waals surface area contributed by atoms with Crippen molar-refractivity contribution >= 4 is 27.5 Å². The van der Waals surface area contributed by atoms with Crippen LogP contribution in [0.4, 0.5) is 0 Å². The van der Waals surface area contributed by atoms with Gasteiger partial charge in [-0.15, -0.1) is 0 Å². The summed E-state index contributed by atoms with van der Waals surface area (Å²) >= 11 is 9.60. The van der Waals surface area contributed by atoms with Crippen LogP contribution < -0.4 is 10.5 Å². The van der Waals surface area contributed by atoms with Crippen molar-refractivity contribution in [3.05, 3.63) is 57.5 Å². The lowest BCUT2D eigenvalue weighted by molar-refractivity contribution is 0.479. The number of halogens is 2. The van der Waals surface area contributed by atoms with Crippen LogP contribution in [-0.2, 0) is 6.42 Å². The van der Waals surface area contributed by atoms with E-state index >= 15 is 0 Å². The van der Waals surface area contributed by atoms with Gasteiger partial charge in [0.05, 0.1) is 4.47 Å². The summed E-state index contributed by atoms with van der Waals surface area (Å²) in [5.74, 6) is 1.48. The molecular weight excluding hydrogens is 314 g/mol. The maximum atomic E-state index is 6.17. The number of hydrogen-bond donors (Lipinski definition) is 1. The predicted molar refractivity (Wildman–Crippen MR) is 78.4 cm³/mol. The SMILES string of the molecule is NCCc1ccc(Oc2ccccc2Br)cc1Cl. The van der Waals surface area contributed by atoms with Crippen LogP contribution in [0.25, 0.3) is 0 Å². The average Bonchev–Trinajstić information content (AvgIpc) is 2.36. The maximum absolute atomic E-state index is 6.17. The number of hydrogen-bond acceptors (Lipinski definition) is 2. The second-order valence-corrected chi connectivity index (χ2v) is 5.09. The highest BCUT2D eigenvalue weighted by molar-refractivity contribution is 9.10. The molecular formula is C14H13BrClNO. The molecule has 0 aliphatic carbocycles. The molecule has 0 aliphatic rings. The van der Waals surface area contributed by atoms with Crippen molar-refractivity contribution in [1.82, 2.24) is 0 Å². The third kappa shape index (κ3) is 3.25. The molecule has 0 aromatic heterocycles. The maximum Gasteiger partial charge on any atom is 0.141 e. The molecule has 0 heterocycles. The fraction of sp³-hybridized carbons (Fsp3) is 0.143. The Hall–Kier alpha value is -1.03. The Balaban J connectivity index is 2.20. The topological polar surface area (TPSA) is 35.2 Å². The van der Waals surface area contributed by atoms with Gasteiger partial charge in [-0.25, -0.2) is 0 Å². The minimum Gasteiger partial charge on any atom is -0.456 e. The van der Waals surface area contributed by atoms with Gasteiger partial charge in [0, 0.05) is 5.02 Å². The summed E-state index contributed by atoms with van der Waals surface area (Å²) in [5, 5.41) is 0.685. The molecule has 2 aromatic rings. The molecule has 0 atom stereocenters. The molecule has 0 bridgehead atoms. The van der Waals surface area contributed by atoms with Crippen LogP contribution in [0.5, 0.6) is 11.5 Å². The third-order valence-corrected chi connectivity index (χ3v) is 3.51. The van der Waals surface area contributed by atoms with E-state index in [1.165, 1.54) is 0 Å². The zero-order valence-electron chi connectivity index (χ0n) is 9.70. The molecule has 0 spiro atoms. The van der Waals surface area contributed by atoms with Gasteiger partial charge in [-0.3, -0.25) is 0 Å². The fourth-order valence-corrected chi connectivity index (χ4v) is 2.23. The molecule has 0 aliphatic heterocycles. The van der Waals surface area contributed by atoms with Gasteiger partial charge in [0.2, 0.25) is 0 Å².